The van der Waals surface area contributed by atoms with Crippen molar-refractivity contribution >= 4 is 0 Å². The van der Waals surface area contributed by atoms with E-state index in [1.807, 2.05) is 4.68 Å². The summed E-state index contributed by atoms with van der Waals surface area (Å²) in [7, 11) is 0. The molecule has 1 aromatic rings. The maximum absolute atomic E-state index is 8.62. The van der Waals surface area contributed by atoms with Crippen LogP contribution >= 0.6 is 0 Å². The number of aromatic nitrogens is 3. The fraction of sp³-hybridized carbons (Fsp3) is 0.818. The molecular formula is C11H20N4O2. The van der Waals surface area contributed by atoms with Crippen molar-refractivity contribution in [2.75, 3.05) is 19.8 Å². The van der Waals surface area contributed by atoms with Gasteiger partial charge in [0.2, 0.25) is 0 Å². The summed E-state index contributed by atoms with van der Waals surface area (Å²) in [6, 6.07) is 0. The highest BCUT2D eigenvalue weighted by Gasteiger charge is 2.26. The van der Waals surface area contributed by atoms with Crippen LogP contribution in [-0.4, -0.2) is 39.9 Å². The van der Waals surface area contributed by atoms with Crippen molar-refractivity contribution in [3.8, 4) is 0 Å². The second-order valence-electron chi connectivity index (χ2n) is 4.31. The van der Waals surface area contributed by atoms with Gasteiger partial charge in [0.25, 0.3) is 0 Å². The van der Waals surface area contributed by atoms with Crippen molar-refractivity contribution in [1.82, 2.24) is 15.0 Å². The predicted octanol–water partition coefficient (Wildman–Crippen LogP) is 0.0132. The van der Waals surface area contributed by atoms with Crippen LogP contribution in [0.2, 0.25) is 0 Å². The summed E-state index contributed by atoms with van der Waals surface area (Å²) >= 11 is 0. The number of aliphatic hydroxyl groups is 1. The molecule has 6 heteroatoms. The largest absolute Gasteiger partial charge is 0.394 e. The van der Waals surface area contributed by atoms with Crippen LogP contribution in [0.15, 0.2) is 0 Å². The minimum atomic E-state index is 0.0564. The summed E-state index contributed by atoms with van der Waals surface area (Å²) in [6.07, 6.45) is 3.69. The highest BCUT2D eigenvalue weighted by atomic mass is 16.5. The van der Waals surface area contributed by atoms with Gasteiger partial charge in [0.05, 0.1) is 37.8 Å². The van der Waals surface area contributed by atoms with Gasteiger partial charge in [-0.15, -0.1) is 5.10 Å². The topological polar surface area (TPSA) is 86.2 Å². The van der Waals surface area contributed by atoms with Gasteiger partial charge >= 0.3 is 0 Å². The Labute approximate surface area is 101 Å². The van der Waals surface area contributed by atoms with Crippen LogP contribution in [-0.2, 0) is 17.8 Å². The zero-order valence-electron chi connectivity index (χ0n) is 10.0. The molecule has 0 amide bonds. The molecule has 0 atom stereocenters. The minimum Gasteiger partial charge on any atom is -0.394 e. The zero-order chi connectivity index (χ0) is 12.1. The van der Waals surface area contributed by atoms with Gasteiger partial charge in [0, 0.05) is 12.5 Å². The molecule has 0 bridgehead atoms. The Kier molecular flexibility index (Phi) is 4.47. The molecular weight excluding hydrogens is 220 g/mol. The van der Waals surface area contributed by atoms with Crippen LogP contribution in [0.3, 0.4) is 0 Å². The Hall–Kier alpha value is -0.980. The SMILES string of the molecule is NCc1nnn(CCOCCO)c1C1CCC1. The second-order valence-corrected chi connectivity index (χ2v) is 4.31. The highest BCUT2D eigenvalue weighted by molar-refractivity contribution is 5.17. The third-order valence-electron chi connectivity index (χ3n) is 3.22. The number of ether oxygens (including phenoxy) is 1. The fourth-order valence-corrected chi connectivity index (χ4v) is 2.11. The van der Waals surface area contributed by atoms with Gasteiger partial charge in [-0.2, -0.15) is 0 Å². The van der Waals surface area contributed by atoms with Gasteiger partial charge in [-0.1, -0.05) is 11.6 Å². The summed E-state index contributed by atoms with van der Waals surface area (Å²) in [5.74, 6) is 0.571. The molecule has 0 saturated heterocycles. The van der Waals surface area contributed by atoms with Crippen LogP contribution in [0.4, 0.5) is 0 Å². The number of nitrogens with zero attached hydrogens (tertiary/aromatic N) is 3. The Morgan fingerprint density at radius 1 is 1.41 bits per heavy atom. The van der Waals surface area contributed by atoms with E-state index in [4.69, 9.17) is 15.6 Å². The third-order valence-corrected chi connectivity index (χ3v) is 3.22. The lowest BCUT2D eigenvalue weighted by atomic mass is 9.82. The molecule has 96 valence electrons. The Balaban J connectivity index is 1.97. The molecule has 0 aliphatic heterocycles. The minimum absolute atomic E-state index is 0.0564. The van der Waals surface area contributed by atoms with E-state index in [2.05, 4.69) is 10.3 Å². The predicted molar refractivity (Wildman–Crippen MR) is 62.4 cm³/mol. The van der Waals surface area contributed by atoms with Crippen LogP contribution < -0.4 is 5.73 Å². The second kappa shape index (κ2) is 6.09. The van der Waals surface area contributed by atoms with Crippen LogP contribution in [0.1, 0.15) is 36.6 Å². The zero-order valence-corrected chi connectivity index (χ0v) is 10.0. The summed E-state index contributed by atoms with van der Waals surface area (Å²) in [5, 5.41) is 16.9. The molecule has 2 rings (SSSR count). The molecule has 1 heterocycles. The molecule has 0 spiro atoms. The first-order valence-corrected chi connectivity index (χ1v) is 6.17. The molecule has 6 nitrogen and oxygen atoms in total. The van der Waals surface area contributed by atoms with E-state index >= 15 is 0 Å². The number of hydrogen-bond acceptors (Lipinski definition) is 5. The van der Waals surface area contributed by atoms with Gasteiger partial charge < -0.3 is 15.6 Å². The molecule has 0 radical (unpaired) electrons. The van der Waals surface area contributed by atoms with E-state index in [-0.39, 0.29) is 6.61 Å². The number of hydrogen-bond donors (Lipinski definition) is 2. The Morgan fingerprint density at radius 2 is 2.24 bits per heavy atom. The Morgan fingerprint density at radius 3 is 2.82 bits per heavy atom. The normalized spacial score (nSPS) is 16.1. The van der Waals surface area contributed by atoms with Crippen LogP contribution in [0.25, 0.3) is 0 Å². The maximum Gasteiger partial charge on any atom is 0.0997 e. The summed E-state index contributed by atoms with van der Waals surface area (Å²) in [5.41, 5.74) is 7.78. The van der Waals surface area contributed by atoms with Crippen molar-refractivity contribution < 1.29 is 9.84 Å². The van der Waals surface area contributed by atoms with Gasteiger partial charge in [0.1, 0.15) is 0 Å². The van der Waals surface area contributed by atoms with Crippen molar-refractivity contribution in [2.24, 2.45) is 5.73 Å². The molecule has 0 aromatic carbocycles. The van der Waals surface area contributed by atoms with Gasteiger partial charge in [-0.05, 0) is 12.8 Å². The van der Waals surface area contributed by atoms with Gasteiger partial charge in [-0.3, -0.25) is 0 Å². The molecule has 1 aliphatic carbocycles. The van der Waals surface area contributed by atoms with Gasteiger partial charge in [-0.25, -0.2) is 4.68 Å². The van der Waals surface area contributed by atoms with Crippen molar-refractivity contribution in [2.45, 2.75) is 38.3 Å². The highest BCUT2D eigenvalue weighted by Crippen LogP contribution is 2.37. The Bertz CT molecular complexity index is 349. The maximum atomic E-state index is 8.62. The molecule has 17 heavy (non-hydrogen) atoms. The van der Waals surface area contributed by atoms with Crippen molar-refractivity contribution in [3.05, 3.63) is 11.4 Å². The summed E-state index contributed by atoms with van der Waals surface area (Å²) in [4.78, 5) is 0. The van der Waals surface area contributed by atoms with Gasteiger partial charge in [0.15, 0.2) is 0 Å². The molecule has 3 N–H and O–H groups in total. The number of aliphatic hydroxyl groups excluding tert-OH is 1. The lowest BCUT2D eigenvalue weighted by Crippen LogP contribution is -2.19. The molecule has 1 aromatic heterocycles. The fourth-order valence-electron chi connectivity index (χ4n) is 2.11. The first-order valence-electron chi connectivity index (χ1n) is 6.17. The van der Waals surface area contributed by atoms with E-state index in [1.54, 1.807) is 0 Å². The number of nitrogens with two attached hydrogens (primary N) is 1. The lowest BCUT2D eigenvalue weighted by molar-refractivity contribution is 0.0843. The summed E-state index contributed by atoms with van der Waals surface area (Å²) in [6.45, 7) is 2.11. The average Bonchev–Trinajstić information content (AvgIpc) is 2.66. The van der Waals surface area contributed by atoms with Crippen molar-refractivity contribution in [1.29, 1.82) is 0 Å². The first-order chi connectivity index (χ1) is 8.36. The van der Waals surface area contributed by atoms with E-state index < -0.39 is 0 Å². The van der Waals surface area contributed by atoms with E-state index in [9.17, 15) is 0 Å². The van der Waals surface area contributed by atoms with E-state index in [1.165, 1.54) is 25.0 Å². The lowest BCUT2D eigenvalue weighted by Gasteiger charge is -2.26. The average molecular weight is 240 g/mol. The third kappa shape index (κ3) is 2.83. The van der Waals surface area contributed by atoms with Crippen molar-refractivity contribution in [3.63, 3.8) is 0 Å². The summed E-state index contributed by atoms with van der Waals surface area (Å²) < 4.78 is 7.15. The molecule has 1 aliphatic rings. The van der Waals surface area contributed by atoms with E-state index in [0.29, 0.717) is 32.2 Å². The number of rotatable bonds is 7. The molecule has 1 saturated carbocycles. The monoisotopic (exact) mass is 240 g/mol. The molecule has 0 unspecified atom stereocenters. The standard InChI is InChI=1S/C11H20N4O2/c12-8-10-11(9-2-1-3-9)15(14-13-10)4-6-17-7-5-16/h9,16H,1-8,12H2. The first kappa shape index (κ1) is 12.5. The quantitative estimate of drug-likeness (QED) is 0.656. The smallest absolute Gasteiger partial charge is 0.0997 e. The molecule has 1 fully saturated rings. The van der Waals surface area contributed by atoms with Crippen LogP contribution in [0, 0.1) is 0 Å². The van der Waals surface area contributed by atoms with Crippen LogP contribution in [0.5, 0.6) is 0 Å². The van der Waals surface area contributed by atoms with E-state index in [0.717, 1.165) is 5.69 Å².